The number of benzene rings is 6. The fourth-order valence-electron chi connectivity index (χ4n) is 17.2. The van der Waals surface area contributed by atoms with E-state index in [4.69, 9.17) is 17.2 Å². The Kier molecular flexibility index (Phi) is 39.2. The van der Waals surface area contributed by atoms with Crippen molar-refractivity contribution in [1.29, 1.82) is 0 Å². The molecule has 40 heteroatoms. The van der Waals surface area contributed by atoms with Gasteiger partial charge in [0.1, 0.15) is 84.3 Å². The summed E-state index contributed by atoms with van der Waals surface area (Å²) >= 11 is 0.673. The maximum atomic E-state index is 15.9. The number of halogens is 3. The minimum Gasteiger partial charge on any atom is -0.508 e. The Bertz CT molecular complexity index is 5470. The van der Waals surface area contributed by atoms with Crippen molar-refractivity contribution in [3.8, 4) is 5.75 Å². The number of nitrogens with one attached hydrogen (secondary N) is 10. The number of thioether (sulfide) groups is 1. The number of likely N-dealkylation sites (N-methyl/N-ethyl adjacent to an activating group) is 3. The normalized spacial score (nSPS) is 23.1. The molecular weight excluding hydrogens is 1810 g/mol. The van der Waals surface area contributed by atoms with Gasteiger partial charge in [0.05, 0.1) is 18.7 Å². The second-order valence-electron chi connectivity index (χ2n) is 35.3. The second-order valence-corrected chi connectivity index (χ2v) is 36.4. The summed E-state index contributed by atoms with van der Waals surface area (Å²) in [7, 11) is 3.80. The Labute approximate surface area is 801 Å². The number of aromatic nitrogens is 1. The molecule has 3 aliphatic heterocycles. The van der Waals surface area contributed by atoms with E-state index in [-0.39, 0.29) is 121 Å². The minimum atomic E-state index is -1.94. The van der Waals surface area contributed by atoms with Crippen molar-refractivity contribution in [3.63, 3.8) is 0 Å². The summed E-state index contributed by atoms with van der Waals surface area (Å²) in [4.78, 5) is 248. The lowest BCUT2D eigenvalue weighted by Gasteiger charge is -2.38. The van der Waals surface area contributed by atoms with Gasteiger partial charge in [0.2, 0.25) is 88.6 Å². The van der Waals surface area contributed by atoms with Gasteiger partial charge < -0.3 is 105 Å². The summed E-state index contributed by atoms with van der Waals surface area (Å²) in [6.45, 7) is 4.27. The van der Waals surface area contributed by atoms with Gasteiger partial charge in [0, 0.05) is 102 Å². The van der Waals surface area contributed by atoms with E-state index in [0.717, 1.165) is 20.3 Å². The van der Waals surface area contributed by atoms with Crippen LogP contribution in [0.1, 0.15) is 130 Å². The molecule has 10 rings (SSSR count). The van der Waals surface area contributed by atoms with Gasteiger partial charge in [-0.1, -0.05) is 149 Å². The van der Waals surface area contributed by atoms with Crippen molar-refractivity contribution in [2.75, 3.05) is 58.8 Å². The molecule has 4 heterocycles. The zero-order valence-electron chi connectivity index (χ0n) is 77.9. The lowest BCUT2D eigenvalue weighted by Crippen LogP contribution is -2.62. The highest BCUT2D eigenvalue weighted by Crippen LogP contribution is 2.29. The number of phenolic OH excluding ortho intramolecular Hbond substituents is 1. The number of primary amides is 1. The van der Waals surface area contributed by atoms with Gasteiger partial charge >= 0.3 is 5.97 Å². The smallest absolute Gasteiger partial charge is 0.305 e. The number of fused-ring (bicyclic) bond motifs is 3. The summed E-state index contributed by atoms with van der Waals surface area (Å²) < 4.78 is 45.2. The van der Waals surface area contributed by atoms with E-state index in [2.05, 4.69) is 52.8 Å². The molecule has 3 fully saturated rings. The molecular formula is C98H123F3N18O18S. The van der Waals surface area contributed by atoms with Crippen LogP contribution in [-0.2, 0) is 122 Å². The van der Waals surface area contributed by atoms with Crippen LogP contribution in [0.4, 0.5) is 13.2 Å². The third-order valence-electron chi connectivity index (χ3n) is 25.0. The summed E-state index contributed by atoms with van der Waals surface area (Å²) in [5, 5.41) is 45.5. The summed E-state index contributed by atoms with van der Waals surface area (Å²) in [5.74, 6) is -23.3. The van der Waals surface area contributed by atoms with E-state index >= 15 is 56.7 Å². The van der Waals surface area contributed by atoms with Crippen LogP contribution >= 0.6 is 11.8 Å². The van der Waals surface area contributed by atoms with Gasteiger partial charge in [-0.05, 0) is 133 Å². The number of carboxylic acids is 1. The predicted octanol–water partition coefficient (Wildman–Crippen LogP) is 2.65. The molecule has 0 aliphatic carbocycles. The molecule has 36 nitrogen and oxygen atoms in total. The third-order valence-corrected chi connectivity index (χ3v) is 26.0. The lowest BCUT2D eigenvalue weighted by molar-refractivity contribution is -0.152. The molecule has 3 saturated heterocycles. The number of phenols is 1. The number of para-hydroxylation sites is 1. The first-order valence-electron chi connectivity index (χ1n) is 46.2. The van der Waals surface area contributed by atoms with Crippen molar-refractivity contribution >= 4 is 117 Å². The number of aromatic amines is 1. The fourth-order valence-corrected chi connectivity index (χ4v) is 18.1. The van der Waals surface area contributed by atoms with E-state index in [1.165, 1.54) is 55.2 Å². The molecule has 740 valence electrons. The Morgan fingerprint density at radius 3 is 1.57 bits per heavy atom. The van der Waals surface area contributed by atoms with Crippen LogP contribution in [0.2, 0.25) is 0 Å². The van der Waals surface area contributed by atoms with Gasteiger partial charge in [0.25, 0.3) is 0 Å². The zero-order valence-corrected chi connectivity index (χ0v) is 78.7. The third kappa shape index (κ3) is 29.2. The van der Waals surface area contributed by atoms with Crippen molar-refractivity contribution in [2.24, 2.45) is 23.1 Å². The first kappa shape index (κ1) is 106. The summed E-state index contributed by atoms with van der Waals surface area (Å²) in [6.07, 6.45) is -0.184. The van der Waals surface area contributed by atoms with E-state index in [9.17, 15) is 43.4 Å². The Balaban J connectivity index is 1.06. The van der Waals surface area contributed by atoms with E-state index in [1.54, 1.807) is 129 Å². The number of hydrogen-bond acceptors (Lipinski definition) is 20. The number of carboxylic acid groups (broad SMARTS) is 1. The average molecular weight is 1930 g/mol. The van der Waals surface area contributed by atoms with Crippen LogP contribution < -0.4 is 65.1 Å². The number of hydrogen-bond donors (Lipinski definition) is 15. The van der Waals surface area contributed by atoms with Crippen LogP contribution in [0.5, 0.6) is 5.75 Å². The number of unbranched alkanes of at least 4 members (excludes halogenated alkanes) is 2. The number of nitrogens with zero attached hydrogens (tertiary/aromatic N) is 5. The number of aromatic hydroxyl groups is 1. The van der Waals surface area contributed by atoms with Gasteiger partial charge in [0.15, 0.2) is 17.5 Å². The van der Waals surface area contributed by atoms with Gasteiger partial charge in [-0.25, -0.2) is 13.2 Å². The van der Waals surface area contributed by atoms with Crippen molar-refractivity contribution in [3.05, 3.63) is 208 Å². The standard InChI is InChI=1S/C98H123F3N18O18S/c1-7-8-28-78-97(136)119-41-20-30-77(119)92(131)111-72(50-83(123)124)90(129)114-85(56(2)3)98(137)116(5)79(47-57-21-11-9-12-22-57)93(132)112-74(45-59-31-33-61(51-103)34-32-59)95(134)118-40-19-29-76(118)91(130)110-71(49-63-52-105-68-26-16-15-25-65(63)68)89(128)109-70(44-60-35-37-64(120)38-36-60)88(127)108-69(27-17-18-39-102)87(126)113-75(86(125)106-53-81(104)121)54-138-55-82(122)107-73(46-62-42-66(99)84(101)67(100)43-62)94(133)117(6)80(96(135)115(78)4)48-58-23-13-10-14-24-58/h9-16,21-26,31-38,42-43,52,56,69-80,85,105,120H,7-8,17-20,27-30,39-41,44-51,53-55,102-103H2,1-6H3,(H2,104,121)(H,106,125)(H,107,122)(H,108,127)(H,109,128)(H,110,130)(H,111,131)(H,112,132)(H,113,126)(H,114,129)(H,123,124). The number of aliphatic carboxylic acids is 1. The van der Waals surface area contributed by atoms with E-state index < -0.39 is 227 Å². The van der Waals surface area contributed by atoms with Gasteiger partial charge in [-0.3, -0.25) is 76.7 Å². The van der Waals surface area contributed by atoms with Crippen molar-refractivity contribution in [1.82, 2.24) is 77.3 Å². The molecule has 18 N–H and O–H groups in total. The van der Waals surface area contributed by atoms with E-state index in [1.807, 2.05) is 6.92 Å². The second kappa shape index (κ2) is 50.9. The number of carbonyl (C=O) groups excluding carboxylic acids is 15. The summed E-state index contributed by atoms with van der Waals surface area (Å²) in [5.41, 5.74) is 20.8. The highest BCUT2D eigenvalue weighted by atomic mass is 32.2. The highest BCUT2D eigenvalue weighted by molar-refractivity contribution is 8.00. The SMILES string of the molecule is CCCCC1C(=O)N2CCCC2C(=O)NC(CC(=O)O)C(=O)NC(C(C)C)C(=O)N(C)C(Cc2ccccc2)C(=O)NC(Cc2ccc(CN)cc2)C(=O)N2CCCC2C(=O)NC(Cc2c[nH]c3ccccc23)C(=O)NC(Cc2ccc(O)cc2)C(=O)NC(CCCCN)C(=O)NC(C(=O)NCC(N)=O)CSCC(=O)NC(Cc2cc(F)c(F)c(F)c2)C(=O)N(C)C(Cc2ccccc2)C(=O)N1C. The molecule has 6 aromatic carbocycles. The number of rotatable bonds is 26. The maximum absolute atomic E-state index is 15.9. The lowest BCUT2D eigenvalue weighted by atomic mass is 9.98. The first-order chi connectivity index (χ1) is 65.9. The topological polar surface area (TPSA) is 532 Å². The highest BCUT2D eigenvalue weighted by Gasteiger charge is 2.47. The molecule has 138 heavy (non-hydrogen) atoms. The monoisotopic (exact) mass is 1930 g/mol. The van der Waals surface area contributed by atoms with Crippen LogP contribution in [0.25, 0.3) is 10.9 Å². The number of carbonyl (C=O) groups is 16. The average Bonchev–Trinajstić information content (AvgIpc) is 1.51. The Hall–Kier alpha value is -13.8. The largest absolute Gasteiger partial charge is 0.508 e. The maximum Gasteiger partial charge on any atom is 0.305 e. The van der Waals surface area contributed by atoms with Gasteiger partial charge in [-0.2, -0.15) is 0 Å². The van der Waals surface area contributed by atoms with Gasteiger partial charge in [-0.15, -0.1) is 11.8 Å². The molecule has 0 radical (unpaired) electrons. The molecule has 13 unspecified atom stereocenters. The quantitative estimate of drug-likeness (QED) is 0.0274. The zero-order chi connectivity index (χ0) is 100. The van der Waals surface area contributed by atoms with Crippen molar-refractivity contribution < 1.29 is 100 Å². The molecule has 1 aromatic heterocycles. The van der Waals surface area contributed by atoms with Crippen LogP contribution in [0.3, 0.4) is 0 Å². The molecule has 13 atom stereocenters. The fraction of sp³-hybridized carbons (Fsp3) is 0.449. The molecule has 0 spiro atoms. The molecule has 7 aromatic rings. The number of amides is 15. The molecule has 15 amide bonds. The molecule has 3 aliphatic rings. The van der Waals surface area contributed by atoms with E-state index in [0.29, 0.717) is 75.5 Å². The number of H-pyrrole nitrogens is 1. The van der Waals surface area contributed by atoms with Crippen molar-refractivity contribution in [2.45, 2.75) is 215 Å². The number of nitrogens with two attached hydrogens (primary N) is 3. The Morgan fingerprint density at radius 2 is 0.986 bits per heavy atom. The Morgan fingerprint density at radius 1 is 0.493 bits per heavy atom. The summed E-state index contributed by atoms with van der Waals surface area (Å²) in [6, 6.07) is 16.7. The first-order valence-corrected chi connectivity index (χ1v) is 47.3. The predicted molar refractivity (Wildman–Crippen MR) is 506 cm³/mol. The van der Waals surface area contributed by atoms with Crippen LogP contribution in [0.15, 0.2) is 152 Å². The minimum absolute atomic E-state index is 0.0177. The van der Waals surface area contributed by atoms with Crippen LogP contribution in [0, 0.1) is 23.4 Å². The molecule has 0 bridgehead atoms. The molecule has 0 saturated carbocycles. The van der Waals surface area contributed by atoms with Crippen LogP contribution in [-0.4, -0.2) is 272 Å².